The van der Waals surface area contributed by atoms with Crippen LogP contribution in [0.4, 0.5) is 0 Å². The van der Waals surface area contributed by atoms with Crippen molar-refractivity contribution in [2.24, 2.45) is 7.05 Å². The highest BCUT2D eigenvalue weighted by Crippen LogP contribution is 2.15. The first-order valence-electron chi connectivity index (χ1n) is 7.03. The summed E-state index contributed by atoms with van der Waals surface area (Å²) >= 11 is 0. The van der Waals surface area contributed by atoms with Crippen LogP contribution in [0.1, 0.15) is 28.9 Å². The van der Waals surface area contributed by atoms with Gasteiger partial charge in [0.1, 0.15) is 5.56 Å². The summed E-state index contributed by atoms with van der Waals surface area (Å²) in [6, 6.07) is 1.91. The van der Waals surface area contributed by atoms with Crippen LogP contribution in [-0.2, 0) is 7.05 Å². The van der Waals surface area contributed by atoms with E-state index in [9.17, 15) is 9.59 Å². The van der Waals surface area contributed by atoms with Gasteiger partial charge in [-0.3, -0.25) is 9.59 Å². The van der Waals surface area contributed by atoms with Crippen LogP contribution in [-0.4, -0.2) is 53.5 Å². The Morgan fingerprint density at radius 2 is 2.10 bits per heavy atom. The lowest BCUT2D eigenvalue weighted by Gasteiger charge is -2.36. The molecule has 0 saturated carbocycles. The third kappa shape index (κ3) is 2.93. The summed E-state index contributed by atoms with van der Waals surface area (Å²) in [4.78, 5) is 28.5. The van der Waals surface area contributed by atoms with Gasteiger partial charge in [0.2, 0.25) is 0 Å². The van der Waals surface area contributed by atoms with Crippen molar-refractivity contribution in [3.63, 3.8) is 0 Å². The Morgan fingerprint density at radius 1 is 1.40 bits per heavy atom. The molecule has 0 aliphatic carbocycles. The SMILES string of the molecule is Cc1cc(=O)c(C(=O)N2CCCC(N(C)C)C2)cn1C. The number of likely N-dealkylation sites (tertiary alicyclic amines) is 1. The van der Waals surface area contributed by atoms with Gasteiger partial charge in [-0.1, -0.05) is 0 Å². The van der Waals surface area contributed by atoms with E-state index in [4.69, 9.17) is 0 Å². The Labute approximate surface area is 119 Å². The van der Waals surface area contributed by atoms with E-state index in [1.165, 1.54) is 6.07 Å². The van der Waals surface area contributed by atoms with Gasteiger partial charge in [-0.25, -0.2) is 0 Å². The molecule has 0 aromatic carbocycles. The number of rotatable bonds is 2. The number of hydrogen-bond acceptors (Lipinski definition) is 3. The molecule has 0 N–H and O–H groups in total. The van der Waals surface area contributed by atoms with Crippen molar-refractivity contribution in [3.8, 4) is 0 Å². The normalized spacial score (nSPS) is 19.4. The average molecular weight is 277 g/mol. The first-order chi connectivity index (χ1) is 9.40. The molecule has 1 saturated heterocycles. The Kier molecular flexibility index (Phi) is 4.28. The fraction of sp³-hybridized carbons (Fsp3) is 0.600. The summed E-state index contributed by atoms with van der Waals surface area (Å²) in [6.07, 6.45) is 3.74. The molecule has 1 aliphatic rings. The quantitative estimate of drug-likeness (QED) is 0.805. The molecule has 1 amide bonds. The zero-order valence-corrected chi connectivity index (χ0v) is 12.7. The van der Waals surface area contributed by atoms with E-state index in [2.05, 4.69) is 4.90 Å². The van der Waals surface area contributed by atoms with Crippen LogP contribution in [0.5, 0.6) is 0 Å². The maximum absolute atomic E-state index is 12.5. The highest BCUT2D eigenvalue weighted by Gasteiger charge is 2.26. The molecule has 5 nitrogen and oxygen atoms in total. The summed E-state index contributed by atoms with van der Waals surface area (Å²) in [5, 5.41) is 0. The lowest BCUT2D eigenvalue weighted by atomic mass is 10.0. The molecule has 20 heavy (non-hydrogen) atoms. The van der Waals surface area contributed by atoms with E-state index >= 15 is 0 Å². The van der Waals surface area contributed by atoms with Crippen molar-refractivity contribution >= 4 is 5.91 Å². The fourth-order valence-corrected chi connectivity index (χ4v) is 2.62. The monoisotopic (exact) mass is 277 g/mol. The van der Waals surface area contributed by atoms with E-state index in [1.807, 2.05) is 32.6 Å². The highest BCUT2D eigenvalue weighted by atomic mass is 16.2. The van der Waals surface area contributed by atoms with Crippen molar-refractivity contribution in [1.82, 2.24) is 14.4 Å². The molecule has 0 radical (unpaired) electrons. The summed E-state index contributed by atoms with van der Waals surface area (Å²) < 4.78 is 1.82. The number of piperidine rings is 1. The van der Waals surface area contributed by atoms with E-state index < -0.39 is 0 Å². The number of nitrogens with zero attached hydrogens (tertiary/aromatic N) is 3. The molecule has 2 heterocycles. The summed E-state index contributed by atoms with van der Waals surface area (Å²) in [5.41, 5.74) is 0.950. The van der Waals surface area contributed by atoms with Crippen molar-refractivity contribution in [2.75, 3.05) is 27.2 Å². The molecule has 1 aliphatic heterocycles. The van der Waals surface area contributed by atoms with Gasteiger partial charge in [-0.05, 0) is 33.9 Å². The van der Waals surface area contributed by atoms with Crippen molar-refractivity contribution < 1.29 is 4.79 Å². The minimum absolute atomic E-state index is 0.142. The number of hydrogen-bond donors (Lipinski definition) is 0. The number of aromatic nitrogens is 1. The molecular weight excluding hydrogens is 254 g/mol. The van der Waals surface area contributed by atoms with Crippen LogP contribution in [0.15, 0.2) is 17.1 Å². The fourth-order valence-electron chi connectivity index (χ4n) is 2.62. The van der Waals surface area contributed by atoms with Crippen molar-refractivity contribution in [3.05, 3.63) is 33.7 Å². The highest BCUT2D eigenvalue weighted by molar-refractivity contribution is 5.94. The first kappa shape index (κ1) is 14.8. The number of amides is 1. The Morgan fingerprint density at radius 3 is 2.75 bits per heavy atom. The van der Waals surface area contributed by atoms with E-state index in [0.29, 0.717) is 12.6 Å². The smallest absolute Gasteiger partial charge is 0.259 e. The third-order valence-corrected chi connectivity index (χ3v) is 4.13. The lowest BCUT2D eigenvalue weighted by Crippen LogP contribution is -2.48. The Hall–Kier alpha value is -1.62. The predicted molar refractivity (Wildman–Crippen MR) is 79.0 cm³/mol. The second kappa shape index (κ2) is 5.79. The van der Waals surface area contributed by atoms with Crippen LogP contribution < -0.4 is 5.43 Å². The topological polar surface area (TPSA) is 45.6 Å². The van der Waals surface area contributed by atoms with Gasteiger partial charge in [-0.2, -0.15) is 0 Å². The zero-order chi connectivity index (χ0) is 14.9. The molecule has 1 unspecified atom stereocenters. The zero-order valence-electron chi connectivity index (χ0n) is 12.7. The maximum Gasteiger partial charge on any atom is 0.259 e. The minimum Gasteiger partial charge on any atom is -0.354 e. The van der Waals surface area contributed by atoms with Crippen molar-refractivity contribution in [1.29, 1.82) is 0 Å². The standard InChI is InChI=1S/C15H23N3O2/c1-11-8-14(19)13(10-17(11)4)15(20)18-7-5-6-12(9-18)16(2)3/h8,10,12H,5-7,9H2,1-4H3. The largest absolute Gasteiger partial charge is 0.354 e. The molecule has 110 valence electrons. The van der Waals surface area contributed by atoms with Crippen LogP contribution in [0.25, 0.3) is 0 Å². The lowest BCUT2D eigenvalue weighted by molar-refractivity contribution is 0.0633. The van der Waals surface area contributed by atoms with E-state index in [0.717, 1.165) is 25.1 Å². The number of pyridine rings is 1. The van der Waals surface area contributed by atoms with Gasteiger partial charge in [0.05, 0.1) is 0 Å². The van der Waals surface area contributed by atoms with Gasteiger partial charge < -0.3 is 14.4 Å². The molecule has 2 rings (SSSR count). The Bertz CT molecular complexity index is 563. The molecule has 1 aromatic heterocycles. The van der Waals surface area contributed by atoms with Gasteiger partial charge in [0, 0.05) is 44.1 Å². The Balaban J connectivity index is 2.23. The molecule has 1 fully saturated rings. The van der Waals surface area contributed by atoms with Gasteiger partial charge in [0.15, 0.2) is 5.43 Å². The van der Waals surface area contributed by atoms with Crippen molar-refractivity contribution in [2.45, 2.75) is 25.8 Å². The molecule has 1 atom stereocenters. The average Bonchev–Trinajstić information content (AvgIpc) is 2.42. The minimum atomic E-state index is -0.183. The van der Waals surface area contributed by atoms with Gasteiger partial charge in [-0.15, -0.1) is 0 Å². The predicted octanol–water partition coefficient (Wildman–Crippen LogP) is 0.860. The summed E-state index contributed by atoms with van der Waals surface area (Å²) in [5.74, 6) is -0.142. The number of aryl methyl sites for hydroxylation is 2. The summed E-state index contributed by atoms with van der Waals surface area (Å²) in [6.45, 7) is 3.29. The molecule has 5 heteroatoms. The first-order valence-corrected chi connectivity index (χ1v) is 7.03. The van der Waals surface area contributed by atoms with E-state index in [1.54, 1.807) is 11.1 Å². The molecule has 1 aromatic rings. The number of carbonyl (C=O) groups excluding carboxylic acids is 1. The summed E-state index contributed by atoms with van der Waals surface area (Å²) in [7, 11) is 5.91. The number of carbonyl (C=O) groups is 1. The van der Waals surface area contributed by atoms with Gasteiger partial charge in [0.25, 0.3) is 5.91 Å². The van der Waals surface area contributed by atoms with Crippen LogP contribution in [0.3, 0.4) is 0 Å². The number of likely N-dealkylation sites (N-methyl/N-ethyl adjacent to an activating group) is 1. The van der Waals surface area contributed by atoms with Crippen LogP contribution in [0, 0.1) is 6.92 Å². The second-order valence-electron chi connectivity index (χ2n) is 5.81. The third-order valence-electron chi connectivity index (χ3n) is 4.13. The molecule has 0 bridgehead atoms. The van der Waals surface area contributed by atoms with E-state index in [-0.39, 0.29) is 16.9 Å². The second-order valence-corrected chi connectivity index (χ2v) is 5.81. The van der Waals surface area contributed by atoms with Gasteiger partial charge >= 0.3 is 0 Å². The maximum atomic E-state index is 12.5. The molecular formula is C15H23N3O2. The molecule has 0 spiro atoms. The van der Waals surface area contributed by atoms with Crippen LogP contribution >= 0.6 is 0 Å². The van der Waals surface area contributed by atoms with Crippen LogP contribution in [0.2, 0.25) is 0 Å².